The van der Waals surface area contributed by atoms with Gasteiger partial charge in [0.25, 0.3) is 0 Å². The Hall–Kier alpha value is -0.703. The van der Waals surface area contributed by atoms with Crippen LogP contribution in [0.25, 0.3) is 0 Å². The first-order valence-electron chi connectivity index (χ1n) is 12.3. The van der Waals surface area contributed by atoms with Crippen LogP contribution in [0.15, 0.2) is 12.7 Å². The summed E-state index contributed by atoms with van der Waals surface area (Å²) in [5, 5.41) is 0. The lowest BCUT2D eigenvalue weighted by Crippen LogP contribution is -2.49. The van der Waals surface area contributed by atoms with E-state index in [1.165, 1.54) is 4.31 Å². The monoisotopic (exact) mass is 481 g/mol. The Kier molecular flexibility index (Phi) is 4.99. The van der Waals surface area contributed by atoms with Crippen molar-refractivity contribution in [1.29, 1.82) is 0 Å². The van der Waals surface area contributed by atoms with Gasteiger partial charge in [-0.15, -0.1) is 6.58 Å². The van der Waals surface area contributed by atoms with Gasteiger partial charge in [0.2, 0.25) is 15.9 Å². The molecule has 180 valence electrons. The minimum atomic E-state index is -3.57. The number of carbonyl (C=O) groups excluding carboxylic acids is 1. The third kappa shape index (κ3) is 3.08. The van der Waals surface area contributed by atoms with E-state index in [9.17, 15) is 13.2 Å². The summed E-state index contributed by atoms with van der Waals surface area (Å²) in [6.07, 6.45) is 6.13. The van der Waals surface area contributed by atoms with Crippen LogP contribution in [0, 0.1) is 28.6 Å². The summed E-state index contributed by atoms with van der Waals surface area (Å²) in [5.74, 6) is 0.270. The van der Waals surface area contributed by atoms with Gasteiger partial charge < -0.3 is 9.16 Å². The lowest BCUT2D eigenvalue weighted by molar-refractivity contribution is -0.136. The fourth-order valence-corrected chi connectivity index (χ4v) is 11.9. The predicted molar refractivity (Wildman–Crippen MR) is 126 cm³/mol. The lowest BCUT2D eigenvalue weighted by Gasteiger charge is -2.38. The number of fused-ring (bicyclic) bond motifs is 2. The molecule has 2 aliphatic heterocycles. The highest BCUT2D eigenvalue weighted by Crippen LogP contribution is 2.70. The molecule has 32 heavy (non-hydrogen) atoms. The zero-order chi connectivity index (χ0) is 23.3. The molecule has 6 nitrogen and oxygen atoms in total. The number of carbonyl (C=O) groups is 1. The molecule has 2 saturated heterocycles. The van der Waals surface area contributed by atoms with Crippen LogP contribution < -0.4 is 0 Å². The zero-order valence-electron chi connectivity index (χ0n) is 20.2. The molecular weight excluding hydrogens is 442 g/mol. The van der Waals surface area contributed by atoms with E-state index in [2.05, 4.69) is 40.4 Å². The number of hydrogen-bond acceptors (Lipinski definition) is 5. The van der Waals surface area contributed by atoms with Gasteiger partial charge in [-0.05, 0) is 68.5 Å². The molecule has 0 unspecified atom stereocenters. The Labute approximate surface area is 194 Å². The lowest BCUT2D eigenvalue weighted by atomic mass is 9.68. The average Bonchev–Trinajstić information content (AvgIpc) is 3.18. The van der Waals surface area contributed by atoms with Crippen molar-refractivity contribution in [2.24, 2.45) is 28.6 Å². The highest BCUT2D eigenvalue weighted by Gasteiger charge is 2.73. The van der Waals surface area contributed by atoms with Gasteiger partial charge in [-0.1, -0.05) is 26.8 Å². The molecule has 0 aromatic rings. The molecule has 3 saturated carbocycles. The smallest absolute Gasteiger partial charge is 0.239 e. The Morgan fingerprint density at radius 2 is 2.03 bits per heavy atom. The molecule has 7 atom stereocenters. The van der Waals surface area contributed by atoms with Gasteiger partial charge in [0.1, 0.15) is 5.60 Å². The van der Waals surface area contributed by atoms with E-state index < -0.39 is 18.3 Å². The number of ether oxygens (including phenoxy) is 1. The Morgan fingerprint density at radius 3 is 2.69 bits per heavy atom. The Morgan fingerprint density at radius 1 is 1.31 bits per heavy atom. The maximum absolute atomic E-state index is 13.8. The second-order valence-corrected chi connectivity index (χ2v) is 18.6. The summed E-state index contributed by atoms with van der Waals surface area (Å²) in [6, 6.07) is 0.749. The van der Waals surface area contributed by atoms with Crippen LogP contribution in [0.4, 0.5) is 0 Å². The van der Waals surface area contributed by atoms with Crippen LogP contribution in [0.2, 0.25) is 19.1 Å². The van der Waals surface area contributed by atoms with E-state index in [1.54, 1.807) is 0 Å². The molecule has 5 aliphatic rings. The number of allylic oxidation sites excluding steroid dienone is 1. The number of rotatable bonds is 6. The van der Waals surface area contributed by atoms with Gasteiger partial charge in [-0.25, -0.2) is 12.7 Å². The number of hydrogen-bond donors (Lipinski definition) is 0. The Balaban J connectivity index is 1.31. The summed E-state index contributed by atoms with van der Waals surface area (Å²) in [4.78, 5) is 13.8. The maximum Gasteiger partial charge on any atom is 0.239 e. The molecule has 5 rings (SSSR count). The molecule has 2 bridgehead atoms. The summed E-state index contributed by atoms with van der Waals surface area (Å²) < 4.78 is 40.4. The fraction of sp³-hybridized carbons (Fsp3) is 0.875. The van der Waals surface area contributed by atoms with E-state index in [4.69, 9.17) is 9.16 Å². The third-order valence-electron chi connectivity index (χ3n) is 10.0. The third-order valence-corrected chi connectivity index (χ3v) is 14.1. The second-order valence-electron chi connectivity index (χ2n) is 12.5. The molecule has 0 aromatic heterocycles. The maximum atomic E-state index is 13.8. The predicted octanol–water partition coefficient (Wildman–Crippen LogP) is 3.94. The first-order valence-corrected chi connectivity index (χ1v) is 17.0. The molecule has 1 spiro atoms. The molecule has 0 radical (unpaired) electrons. The van der Waals surface area contributed by atoms with Crippen LogP contribution in [0.1, 0.15) is 52.9 Å². The van der Waals surface area contributed by atoms with E-state index >= 15 is 0 Å². The SMILES string of the molecule is C=CC[Si](C)(C)OC[C@]12C[C@H](C)[C@@H](C(=O)N3[C@@H]4C[C@H]5CC[C@@]4(CS3(=O)=O)C5(C)C)C[C@H]1O2. The average molecular weight is 482 g/mol. The van der Waals surface area contributed by atoms with Crippen LogP contribution in [-0.4, -0.2) is 57.1 Å². The fourth-order valence-electron chi connectivity index (χ4n) is 7.84. The van der Waals surface area contributed by atoms with Gasteiger partial charge in [0.15, 0.2) is 8.32 Å². The first kappa shape index (κ1) is 23.1. The van der Waals surface area contributed by atoms with Crippen molar-refractivity contribution in [2.45, 2.75) is 89.8 Å². The van der Waals surface area contributed by atoms with Crippen molar-refractivity contribution >= 4 is 24.2 Å². The van der Waals surface area contributed by atoms with Crippen molar-refractivity contribution in [1.82, 2.24) is 4.31 Å². The Bertz CT molecular complexity index is 948. The minimum absolute atomic E-state index is 0.00285. The zero-order valence-corrected chi connectivity index (χ0v) is 22.0. The molecule has 0 aromatic carbocycles. The van der Waals surface area contributed by atoms with Crippen LogP contribution >= 0.6 is 0 Å². The first-order chi connectivity index (χ1) is 14.8. The molecule has 5 fully saturated rings. The summed E-state index contributed by atoms with van der Waals surface area (Å²) >= 11 is 0. The van der Waals surface area contributed by atoms with Gasteiger partial charge >= 0.3 is 0 Å². The van der Waals surface area contributed by atoms with Crippen LogP contribution in [0.5, 0.6) is 0 Å². The van der Waals surface area contributed by atoms with Crippen molar-refractivity contribution in [2.75, 3.05) is 12.4 Å². The van der Waals surface area contributed by atoms with E-state index in [0.717, 1.165) is 31.7 Å². The van der Waals surface area contributed by atoms with Gasteiger partial charge in [-0.3, -0.25) is 4.79 Å². The molecule has 2 heterocycles. The number of amides is 1. The summed E-state index contributed by atoms with van der Waals surface area (Å²) in [7, 11) is -5.37. The molecule has 0 N–H and O–H groups in total. The van der Waals surface area contributed by atoms with Crippen LogP contribution in [-0.2, 0) is 24.0 Å². The van der Waals surface area contributed by atoms with Crippen molar-refractivity contribution < 1.29 is 22.4 Å². The molecular formula is C24H39NO5SSi. The van der Waals surface area contributed by atoms with Crippen LogP contribution in [0.3, 0.4) is 0 Å². The van der Waals surface area contributed by atoms with Crippen molar-refractivity contribution in [3.05, 3.63) is 12.7 Å². The minimum Gasteiger partial charge on any atom is -0.414 e. The van der Waals surface area contributed by atoms with Gasteiger partial charge in [0, 0.05) is 11.3 Å². The molecule has 3 aliphatic carbocycles. The largest absolute Gasteiger partial charge is 0.414 e. The number of sulfonamides is 1. The standard InChI is InChI=1S/C24H39NO5SSi/c1-7-10-32(5,6)29-14-24-13-16(2)18(12-20(24)30-24)21(26)25-19-11-17-8-9-23(19,22(17,3)4)15-31(25,27)28/h7,16-20H,1,8-15H2,2-6H3/t16-,17+,18-,19+,20+,23-,24+/m0/s1. The van der Waals surface area contributed by atoms with E-state index in [0.29, 0.717) is 18.9 Å². The quantitative estimate of drug-likeness (QED) is 0.326. The van der Waals surface area contributed by atoms with E-state index in [1.807, 2.05) is 6.08 Å². The highest BCUT2D eigenvalue weighted by molar-refractivity contribution is 7.90. The van der Waals surface area contributed by atoms with Crippen molar-refractivity contribution in [3.8, 4) is 0 Å². The number of epoxide rings is 1. The normalized spacial score (nSPS) is 45.4. The summed E-state index contributed by atoms with van der Waals surface area (Å²) in [6.45, 7) is 15.3. The summed E-state index contributed by atoms with van der Waals surface area (Å²) in [5.41, 5.74) is -0.577. The topological polar surface area (TPSA) is 76.2 Å². The highest BCUT2D eigenvalue weighted by atomic mass is 32.2. The van der Waals surface area contributed by atoms with Gasteiger partial charge in [0.05, 0.1) is 24.5 Å². The number of nitrogens with zero attached hydrogens (tertiary/aromatic N) is 1. The molecule has 8 heteroatoms. The van der Waals surface area contributed by atoms with E-state index in [-0.39, 0.29) is 52.1 Å². The second kappa shape index (κ2) is 6.92. The molecule has 1 amide bonds. The van der Waals surface area contributed by atoms with Crippen molar-refractivity contribution in [3.63, 3.8) is 0 Å². The van der Waals surface area contributed by atoms with Gasteiger partial charge in [-0.2, -0.15) is 0 Å².